The topological polar surface area (TPSA) is 86.8 Å². The van der Waals surface area contributed by atoms with Crippen LogP contribution in [0.25, 0.3) is 0 Å². The summed E-state index contributed by atoms with van der Waals surface area (Å²) in [5, 5.41) is 3.67. The molecule has 0 aromatic heterocycles. The predicted octanol–water partition coefficient (Wildman–Crippen LogP) is 7.62. The number of hydrogen-bond donors (Lipinski definition) is 1. The highest BCUT2D eigenvalue weighted by atomic mass is 35.5. The van der Waals surface area contributed by atoms with Gasteiger partial charge in [0.15, 0.2) is 0 Å². The number of para-hydroxylation sites is 1. The lowest BCUT2D eigenvalue weighted by Gasteiger charge is -2.34. The van der Waals surface area contributed by atoms with Gasteiger partial charge in [0.2, 0.25) is 11.8 Å². The fourth-order valence-corrected chi connectivity index (χ4v) is 7.07. The van der Waals surface area contributed by atoms with Crippen LogP contribution in [0, 0.1) is 6.92 Å². The molecule has 4 rings (SSSR count). The Morgan fingerprint density at radius 1 is 0.830 bits per heavy atom. The molecule has 0 aliphatic rings. The lowest BCUT2D eigenvalue weighted by molar-refractivity contribution is -0.140. The molecule has 4 aromatic rings. The molecule has 0 aliphatic carbocycles. The molecule has 0 saturated carbocycles. The van der Waals surface area contributed by atoms with Gasteiger partial charge in [-0.25, -0.2) is 8.42 Å². The molecule has 10 heteroatoms. The number of amides is 2. The SMILES string of the molecule is CCCCNC(=O)[C@@H](Cc1ccccc1)N(Cc1ccc(Cl)c(Cl)c1)C(=O)CN(c1ccccc1CC)S(=O)(=O)c1ccc(C)cc1. The van der Waals surface area contributed by atoms with Gasteiger partial charge in [0.25, 0.3) is 10.0 Å². The highest BCUT2D eigenvalue weighted by molar-refractivity contribution is 7.92. The molecule has 0 heterocycles. The van der Waals surface area contributed by atoms with E-state index in [0.717, 1.165) is 33.8 Å². The van der Waals surface area contributed by atoms with Crippen molar-refractivity contribution in [2.24, 2.45) is 0 Å². The normalized spacial score (nSPS) is 11.9. The molecule has 0 spiro atoms. The minimum absolute atomic E-state index is 0.00225. The fraction of sp³-hybridized carbons (Fsp3) is 0.297. The average Bonchev–Trinajstić information content (AvgIpc) is 3.07. The molecule has 2 amide bonds. The van der Waals surface area contributed by atoms with Crippen molar-refractivity contribution in [3.05, 3.63) is 129 Å². The summed E-state index contributed by atoms with van der Waals surface area (Å²) in [6, 6.07) is 27.3. The summed E-state index contributed by atoms with van der Waals surface area (Å²) in [5.41, 5.74) is 3.59. The van der Waals surface area contributed by atoms with E-state index in [4.69, 9.17) is 23.2 Å². The van der Waals surface area contributed by atoms with Crippen LogP contribution in [0.2, 0.25) is 10.0 Å². The van der Waals surface area contributed by atoms with Gasteiger partial charge in [-0.3, -0.25) is 13.9 Å². The molecule has 0 aliphatic heterocycles. The third-order valence-electron chi connectivity index (χ3n) is 7.97. The van der Waals surface area contributed by atoms with Crippen LogP contribution in [0.3, 0.4) is 0 Å². The number of rotatable bonds is 15. The van der Waals surface area contributed by atoms with E-state index in [1.165, 1.54) is 4.90 Å². The van der Waals surface area contributed by atoms with Crippen molar-refractivity contribution in [3.63, 3.8) is 0 Å². The first-order valence-electron chi connectivity index (χ1n) is 15.8. The average molecular weight is 695 g/mol. The molecular formula is C37H41Cl2N3O4S. The molecule has 0 unspecified atom stereocenters. The maximum atomic E-state index is 14.7. The summed E-state index contributed by atoms with van der Waals surface area (Å²) in [7, 11) is -4.19. The summed E-state index contributed by atoms with van der Waals surface area (Å²) in [6.07, 6.45) is 2.44. The number of anilines is 1. The zero-order valence-corrected chi connectivity index (χ0v) is 29.3. The van der Waals surface area contributed by atoms with Gasteiger partial charge >= 0.3 is 0 Å². The maximum Gasteiger partial charge on any atom is 0.264 e. The lowest BCUT2D eigenvalue weighted by atomic mass is 10.0. The molecule has 0 saturated heterocycles. The van der Waals surface area contributed by atoms with Crippen LogP contribution in [0.5, 0.6) is 0 Å². The first-order valence-corrected chi connectivity index (χ1v) is 18.0. The van der Waals surface area contributed by atoms with Crippen LogP contribution >= 0.6 is 23.2 Å². The highest BCUT2D eigenvalue weighted by Gasteiger charge is 2.35. The maximum absolute atomic E-state index is 14.7. The number of benzene rings is 4. The van der Waals surface area contributed by atoms with Crippen molar-refractivity contribution in [2.75, 3.05) is 17.4 Å². The standard InChI is InChI=1S/C37H41Cl2N3O4S/c1-4-6-22-40-37(44)35(24-28-12-8-7-9-13-28)41(25-29-18-21-32(38)33(39)23-29)36(43)26-42(34-15-11-10-14-30(34)5-2)47(45,46)31-19-16-27(3)17-20-31/h7-21,23,35H,4-6,22,24-26H2,1-3H3,(H,40,44)/t35-/m1/s1. The van der Waals surface area contributed by atoms with Gasteiger partial charge in [-0.2, -0.15) is 0 Å². The molecule has 7 nitrogen and oxygen atoms in total. The fourth-order valence-electron chi connectivity index (χ4n) is 5.30. The molecule has 0 radical (unpaired) electrons. The molecule has 1 atom stereocenters. The number of sulfonamides is 1. The molecule has 248 valence electrons. The Bertz CT molecular complexity index is 1770. The van der Waals surface area contributed by atoms with Gasteiger partial charge in [0, 0.05) is 19.5 Å². The minimum atomic E-state index is -4.19. The van der Waals surface area contributed by atoms with E-state index >= 15 is 0 Å². The van der Waals surface area contributed by atoms with Crippen LogP contribution in [0.1, 0.15) is 48.9 Å². The Balaban J connectivity index is 1.83. The van der Waals surface area contributed by atoms with Gasteiger partial charge in [0.05, 0.1) is 20.6 Å². The molecule has 0 fully saturated rings. The van der Waals surface area contributed by atoms with Crippen molar-refractivity contribution in [2.45, 2.75) is 63.9 Å². The van der Waals surface area contributed by atoms with E-state index in [1.807, 2.05) is 63.2 Å². The second-order valence-electron chi connectivity index (χ2n) is 11.4. The van der Waals surface area contributed by atoms with Crippen molar-refractivity contribution in [1.82, 2.24) is 10.2 Å². The Hall–Kier alpha value is -3.85. The Morgan fingerprint density at radius 2 is 1.51 bits per heavy atom. The first kappa shape index (κ1) is 36.0. The van der Waals surface area contributed by atoms with E-state index in [0.29, 0.717) is 34.3 Å². The molecular weight excluding hydrogens is 653 g/mol. The third kappa shape index (κ3) is 9.37. The predicted molar refractivity (Wildman–Crippen MR) is 190 cm³/mol. The third-order valence-corrected chi connectivity index (χ3v) is 10.5. The van der Waals surface area contributed by atoms with Crippen LogP contribution in [-0.2, 0) is 39.0 Å². The van der Waals surface area contributed by atoms with Gasteiger partial charge in [0.1, 0.15) is 12.6 Å². The smallest absolute Gasteiger partial charge is 0.264 e. The number of carbonyl (C=O) groups excluding carboxylic acids is 2. The monoisotopic (exact) mass is 693 g/mol. The van der Waals surface area contributed by atoms with E-state index in [9.17, 15) is 18.0 Å². The van der Waals surface area contributed by atoms with E-state index in [-0.39, 0.29) is 23.8 Å². The summed E-state index contributed by atoms with van der Waals surface area (Å²) < 4.78 is 29.8. The van der Waals surface area contributed by atoms with E-state index in [2.05, 4.69) is 5.32 Å². The zero-order chi connectivity index (χ0) is 34.0. The van der Waals surface area contributed by atoms with Crippen LogP contribution < -0.4 is 9.62 Å². The summed E-state index contributed by atoms with van der Waals surface area (Å²) in [5.74, 6) is -0.859. The van der Waals surface area contributed by atoms with Gasteiger partial charge in [-0.15, -0.1) is 0 Å². The van der Waals surface area contributed by atoms with Crippen molar-refractivity contribution in [1.29, 1.82) is 0 Å². The van der Waals surface area contributed by atoms with E-state index < -0.39 is 28.5 Å². The summed E-state index contributed by atoms with van der Waals surface area (Å²) >= 11 is 12.6. The van der Waals surface area contributed by atoms with Crippen molar-refractivity contribution in [3.8, 4) is 0 Å². The van der Waals surface area contributed by atoms with Crippen LogP contribution in [-0.4, -0.2) is 44.3 Å². The number of halogens is 2. The summed E-state index contributed by atoms with van der Waals surface area (Å²) in [4.78, 5) is 30.1. The van der Waals surface area contributed by atoms with Gasteiger partial charge in [-0.05, 0) is 66.8 Å². The second kappa shape index (κ2) is 16.8. The largest absolute Gasteiger partial charge is 0.354 e. The number of nitrogens with zero attached hydrogens (tertiary/aromatic N) is 2. The Morgan fingerprint density at radius 3 is 2.17 bits per heavy atom. The molecule has 4 aromatic carbocycles. The Kier molecular flexibility index (Phi) is 12.9. The quantitative estimate of drug-likeness (QED) is 0.130. The molecule has 0 bridgehead atoms. The van der Waals surface area contributed by atoms with Crippen molar-refractivity contribution < 1.29 is 18.0 Å². The van der Waals surface area contributed by atoms with Crippen LogP contribution in [0.15, 0.2) is 102 Å². The molecule has 47 heavy (non-hydrogen) atoms. The van der Waals surface area contributed by atoms with Crippen molar-refractivity contribution >= 4 is 50.7 Å². The lowest BCUT2D eigenvalue weighted by Crippen LogP contribution is -2.53. The van der Waals surface area contributed by atoms with Gasteiger partial charge in [-0.1, -0.05) is 116 Å². The van der Waals surface area contributed by atoms with Crippen LogP contribution in [0.4, 0.5) is 5.69 Å². The minimum Gasteiger partial charge on any atom is -0.354 e. The van der Waals surface area contributed by atoms with E-state index in [1.54, 1.807) is 54.6 Å². The number of carbonyl (C=O) groups is 2. The Labute approximate surface area is 288 Å². The number of aryl methyl sites for hydroxylation is 2. The number of hydrogen-bond acceptors (Lipinski definition) is 4. The first-order chi connectivity index (χ1) is 22.5. The number of unbranched alkanes of at least 4 members (excludes halogenated alkanes) is 1. The zero-order valence-electron chi connectivity index (χ0n) is 27.0. The summed E-state index contributed by atoms with van der Waals surface area (Å²) in [6.45, 7) is 5.77. The van der Waals surface area contributed by atoms with Gasteiger partial charge < -0.3 is 10.2 Å². The highest BCUT2D eigenvalue weighted by Crippen LogP contribution is 2.29. The number of nitrogens with one attached hydrogen (secondary N) is 1. The second-order valence-corrected chi connectivity index (χ2v) is 14.1. The molecule has 1 N–H and O–H groups in total.